The van der Waals surface area contributed by atoms with E-state index in [-0.39, 0.29) is 10.6 Å². The van der Waals surface area contributed by atoms with Gasteiger partial charge in [0.05, 0.1) is 21.4 Å². The first-order valence-electron chi connectivity index (χ1n) is 5.05. The van der Waals surface area contributed by atoms with E-state index in [1.807, 2.05) is 6.92 Å². The van der Waals surface area contributed by atoms with Gasteiger partial charge in [0.1, 0.15) is 0 Å². The molecule has 0 saturated heterocycles. The zero-order valence-electron chi connectivity index (χ0n) is 9.31. The number of rotatable bonds is 6. The molecule has 0 aromatic heterocycles. The first-order chi connectivity index (χ1) is 8.06. The van der Waals surface area contributed by atoms with Crippen LogP contribution in [0.5, 0.6) is 0 Å². The van der Waals surface area contributed by atoms with Crippen molar-refractivity contribution in [2.75, 3.05) is 17.3 Å². The molecule has 1 aromatic carbocycles. The van der Waals surface area contributed by atoms with Gasteiger partial charge in [0.15, 0.2) is 0 Å². The van der Waals surface area contributed by atoms with Crippen LogP contribution >= 0.6 is 23.4 Å². The van der Waals surface area contributed by atoms with Gasteiger partial charge in [-0.05, 0) is 24.0 Å². The average molecular weight is 293 g/mol. The van der Waals surface area contributed by atoms with Crippen molar-refractivity contribution < 1.29 is 14.1 Å². The monoisotopic (exact) mass is 292 g/mol. The van der Waals surface area contributed by atoms with Gasteiger partial charge in [-0.25, -0.2) is 4.79 Å². The summed E-state index contributed by atoms with van der Waals surface area (Å²) in [5, 5.41) is 9.07. The van der Waals surface area contributed by atoms with Gasteiger partial charge >= 0.3 is 5.97 Å². The van der Waals surface area contributed by atoms with Crippen molar-refractivity contribution in [1.82, 2.24) is 0 Å². The van der Waals surface area contributed by atoms with Gasteiger partial charge in [0.25, 0.3) is 0 Å². The van der Waals surface area contributed by atoms with Gasteiger partial charge in [-0.3, -0.25) is 4.21 Å². The van der Waals surface area contributed by atoms with Crippen LogP contribution in [-0.2, 0) is 10.8 Å². The molecule has 6 heteroatoms. The van der Waals surface area contributed by atoms with E-state index in [2.05, 4.69) is 0 Å². The maximum Gasteiger partial charge on any atom is 0.337 e. The van der Waals surface area contributed by atoms with E-state index < -0.39 is 16.8 Å². The number of hydrogen-bond donors (Lipinski definition) is 1. The van der Waals surface area contributed by atoms with Crippen molar-refractivity contribution in [3.63, 3.8) is 0 Å². The van der Waals surface area contributed by atoms with Gasteiger partial charge in [-0.2, -0.15) is 11.8 Å². The van der Waals surface area contributed by atoms with Gasteiger partial charge in [0.2, 0.25) is 0 Å². The first-order valence-corrected chi connectivity index (χ1v) is 7.90. The summed E-state index contributed by atoms with van der Waals surface area (Å²) in [7, 11) is -1.16. The van der Waals surface area contributed by atoms with Crippen LogP contribution in [0.25, 0.3) is 0 Å². The van der Waals surface area contributed by atoms with Crippen LogP contribution in [0.3, 0.4) is 0 Å². The SMILES string of the molecule is CCSCCS(=O)c1ccc(Cl)c(C(=O)O)c1. The minimum atomic E-state index is -1.16. The number of halogens is 1. The minimum Gasteiger partial charge on any atom is -0.478 e. The van der Waals surface area contributed by atoms with Gasteiger partial charge in [-0.1, -0.05) is 18.5 Å². The topological polar surface area (TPSA) is 54.4 Å². The molecule has 0 heterocycles. The molecule has 1 N–H and O–H groups in total. The molecule has 0 radical (unpaired) electrons. The smallest absolute Gasteiger partial charge is 0.337 e. The standard InChI is InChI=1S/C11H13ClO3S2/c1-2-16-5-6-17(15)8-3-4-10(12)9(7-8)11(13)14/h3-4,7H,2,5-6H2,1H3,(H,13,14). The first kappa shape index (κ1) is 14.5. The average Bonchev–Trinajstić information content (AvgIpc) is 2.29. The number of aromatic carboxylic acids is 1. The second-order valence-electron chi connectivity index (χ2n) is 3.19. The van der Waals surface area contributed by atoms with Gasteiger partial charge < -0.3 is 5.11 Å². The van der Waals surface area contributed by atoms with Crippen LogP contribution in [0.1, 0.15) is 17.3 Å². The Balaban J connectivity index is 2.81. The molecular formula is C11H13ClO3S2. The molecule has 3 nitrogen and oxygen atoms in total. The van der Waals surface area contributed by atoms with E-state index in [4.69, 9.17) is 16.7 Å². The molecule has 0 aliphatic carbocycles. The molecule has 1 rings (SSSR count). The summed E-state index contributed by atoms with van der Waals surface area (Å²) in [5.41, 5.74) is 0.000612. The number of carbonyl (C=O) groups is 1. The lowest BCUT2D eigenvalue weighted by Gasteiger charge is -2.04. The molecule has 17 heavy (non-hydrogen) atoms. The van der Waals surface area contributed by atoms with Crippen molar-refractivity contribution in [2.45, 2.75) is 11.8 Å². The van der Waals surface area contributed by atoms with Crippen LogP contribution in [0, 0.1) is 0 Å². The number of carboxylic acids is 1. The molecule has 0 fully saturated rings. The lowest BCUT2D eigenvalue weighted by Crippen LogP contribution is -2.04. The normalized spacial score (nSPS) is 12.4. The Hall–Kier alpha value is -0.520. The molecule has 0 saturated carbocycles. The molecule has 0 amide bonds. The third-order valence-electron chi connectivity index (χ3n) is 2.05. The number of hydrogen-bond acceptors (Lipinski definition) is 3. The Morgan fingerprint density at radius 2 is 2.24 bits per heavy atom. The van der Waals surface area contributed by atoms with E-state index in [1.54, 1.807) is 17.8 Å². The summed E-state index contributed by atoms with van der Waals surface area (Å²) in [6, 6.07) is 4.48. The molecule has 1 unspecified atom stereocenters. The Bertz CT molecular complexity index is 435. The summed E-state index contributed by atoms with van der Waals surface area (Å²) in [6.07, 6.45) is 0. The van der Waals surface area contributed by atoms with Crippen molar-refractivity contribution >= 4 is 40.1 Å². The number of benzene rings is 1. The lowest BCUT2D eigenvalue weighted by atomic mass is 10.2. The second-order valence-corrected chi connectivity index (χ2v) is 6.57. The Kier molecular flexibility index (Phi) is 6.02. The van der Waals surface area contributed by atoms with E-state index >= 15 is 0 Å². The summed E-state index contributed by atoms with van der Waals surface area (Å²) >= 11 is 7.45. The zero-order chi connectivity index (χ0) is 12.8. The number of carboxylic acid groups (broad SMARTS) is 1. The van der Waals surface area contributed by atoms with Crippen molar-refractivity contribution in [3.05, 3.63) is 28.8 Å². The molecule has 0 aliphatic rings. The summed E-state index contributed by atoms with van der Waals surface area (Å²) in [6.45, 7) is 2.04. The summed E-state index contributed by atoms with van der Waals surface area (Å²) in [5.74, 6) is 1.21. The van der Waals surface area contributed by atoms with Crippen LogP contribution < -0.4 is 0 Å². The predicted molar refractivity (Wildman–Crippen MR) is 72.7 cm³/mol. The molecule has 1 atom stereocenters. The Morgan fingerprint density at radius 3 is 2.82 bits per heavy atom. The summed E-state index contributed by atoms with van der Waals surface area (Å²) < 4.78 is 11.9. The molecule has 0 spiro atoms. The number of thioether (sulfide) groups is 1. The highest BCUT2D eigenvalue weighted by molar-refractivity contribution is 8.00. The predicted octanol–water partition coefficient (Wildman–Crippen LogP) is 2.90. The largest absolute Gasteiger partial charge is 0.478 e. The van der Waals surface area contributed by atoms with E-state index in [9.17, 15) is 9.00 Å². The highest BCUT2D eigenvalue weighted by Crippen LogP contribution is 2.20. The van der Waals surface area contributed by atoms with Crippen molar-refractivity contribution in [1.29, 1.82) is 0 Å². The highest BCUT2D eigenvalue weighted by Gasteiger charge is 2.12. The van der Waals surface area contributed by atoms with E-state index in [0.717, 1.165) is 11.5 Å². The Labute approximate surface area is 112 Å². The minimum absolute atomic E-state index is 0.000612. The highest BCUT2D eigenvalue weighted by atomic mass is 35.5. The fourth-order valence-corrected chi connectivity index (χ4v) is 3.48. The maximum atomic E-state index is 11.9. The molecular weight excluding hydrogens is 280 g/mol. The van der Waals surface area contributed by atoms with Gasteiger partial charge in [-0.15, -0.1) is 0 Å². The third-order valence-corrected chi connectivity index (χ3v) is 4.89. The molecule has 94 valence electrons. The fraction of sp³-hybridized carbons (Fsp3) is 0.364. The zero-order valence-corrected chi connectivity index (χ0v) is 11.7. The van der Waals surface area contributed by atoms with Crippen molar-refractivity contribution in [2.24, 2.45) is 0 Å². The molecule has 0 aliphatic heterocycles. The fourth-order valence-electron chi connectivity index (χ4n) is 1.21. The lowest BCUT2D eigenvalue weighted by molar-refractivity contribution is 0.0697. The van der Waals surface area contributed by atoms with Gasteiger partial charge in [0, 0.05) is 16.4 Å². The van der Waals surface area contributed by atoms with Crippen LogP contribution in [-0.4, -0.2) is 32.5 Å². The van der Waals surface area contributed by atoms with Crippen molar-refractivity contribution in [3.8, 4) is 0 Å². The molecule has 0 bridgehead atoms. The third kappa shape index (κ3) is 4.33. The maximum absolute atomic E-state index is 11.9. The second kappa shape index (κ2) is 7.03. The van der Waals surface area contributed by atoms with E-state index in [0.29, 0.717) is 10.6 Å². The Morgan fingerprint density at radius 1 is 1.53 bits per heavy atom. The molecule has 1 aromatic rings. The summed E-state index contributed by atoms with van der Waals surface area (Å²) in [4.78, 5) is 11.4. The van der Waals surface area contributed by atoms with Crippen LogP contribution in [0.15, 0.2) is 23.1 Å². The van der Waals surface area contributed by atoms with E-state index in [1.165, 1.54) is 12.1 Å². The quantitative estimate of drug-likeness (QED) is 0.819. The van der Waals surface area contributed by atoms with Crippen LogP contribution in [0.2, 0.25) is 5.02 Å². The van der Waals surface area contributed by atoms with Crippen LogP contribution in [0.4, 0.5) is 0 Å².